The highest BCUT2D eigenvalue weighted by Gasteiger charge is 2.13. The average molecular weight is 217 g/mol. The Hall–Kier alpha value is -1.54. The summed E-state index contributed by atoms with van der Waals surface area (Å²) in [5.41, 5.74) is 3.14. The summed E-state index contributed by atoms with van der Waals surface area (Å²) in [6.07, 6.45) is 2.02. The first-order chi connectivity index (χ1) is 7.34. The number of hydrogen-bond donors (Lipinski definition) is 0. The van der Waals surface area contributed by atoms with Gasteiger partial charge in [-0.3, -0.25) is 0 Å². The third-order valence-electron chi connectivity index (χ3n) is 2.59. The van der Waals surface area contributed by atoms with Crippen molar-refractivity contribution in [3.63, 3.8) is 0 Å². The maximum atomic E-state index is 6.15. The van der Waals surface area contributed by atoms with E-state index in [1.807, 2.05) is 36.5 Å². The fourth-order valence-corrected chi connectivity index (χ4v) is 2.10. The van der Waals surface area contributed by atoms with Gasteiger partial charge in [0, 0.05) is 12.7 Å². The molecule has 0 saturated carbocycles. The van der Waals surface area contributed by atoms with Gasteiger partial charge in [0.25, 0.3) is 0 Å². The first-order valence-corrected chi connectivity index (χ1v) is 5.20. The van der Waals surface area contributed by atoms with Crippen molar-refractivity contribution in [2.75, 3.05) is 0 Å². The Kier molecular flexibility index (Phi) is 1.89. The Balaban J connectivity index is 2.25. The van der Waals surface area contributed by atoms with Crippen LogP contribution >= 0.6 is 11.6 Å². The van der Waals surface area contributed by atoms with Gasteiger partial charge in [-0.2, -0.15) is 0 Å². The second-order valence-electron chi connectivity index (χ2n) is 3.55. The average Bonchev–Trinajstić information content (AvgIpc) is 2.64. The fourth-order valence-electron chi connectivity index (χ4n) is 1.84. The Bertz CT molecular complexity index is 540. The molecule has 3 rings (SSSR count). The standard InChI is InChI=1S/C12H9ClN2/c13-12-11-6-3-7-15(11)8-9-4-1-2-5-10(9)14-12/h1-7H,8H2. The molecule has 2 nitrogen and oxygen atoms in total. The Morgan fingerprint density at radius 3 is 2.93 bits per heavy atom. The second kappa shape index (κ2) is 3.24. The number of aliphatic imine (C=N–C) groups is 1. The molecular weight excluding hydrogens is 208 g/mol. The number of rotatable bonds is 0. The summed E-state index contributed by atoms with van der Waals surface area (Å²) in [4.78, 5) is 4.41. The summed E-state index contributed by atoms with van der Waals surface area (Å²) in [6, 6.07) is 12.0. The number of halogens is 1. The van der Waals surface area contributed by atoms with Crippen LogP contribution in [0.25, 0.3) is 0 Å². The van der Waals surface area contributed by atoms with E-state index in [4.69, 9.17) is 11.6 Å². The summed E-state index contributed by atoms with van der Waals surface area (Å²) < 4.78 is 2.11. The minimum atomic E-state index is 0.560. The van der Waals surface area contributed by atoms with Gasteiger partial charge in [0.1, 0.15) is 0 Å². The first-order valence-electron chi connectivity index (χ1n) is 4.82. The zero-order valence-electron chi connectivity index (χ0n) is 8.02. The topological polar surface area (TPSA) is 17.3 Å². The van der Waals surface area contributed by atoms with E-state index >= 15 is 0 Å². The Morgan fingerprint density at radius 2 is 2.00 bits per heavy atom. The van der Waals surface area contributed by atoms with Gasteiger partial charge in [-0.15, -0.1) is 0 Å². The first kappa shape index (κ1) is 8.74. The van der Waals surface area contributed by atoms with Gasteiger partial charge in [0.2, 0.25) is 0 Å². The van der Waals surface area contributed by atoms with Crippen molar-refractivity contribution in [1.29, 1.82) is 0 Å². The monoisotopic (exact) mass is 216 g/mol. The molecule has 15 heavy (non-hydrogen) atoms. The van der Waals surface area contributed by atoms with Crippen LogP contribution in [0.3, 0.4) is 0 Å². The van der Waals surface area contributed by atoms with E-state index in [1.54, 1.807) is 0 Å². The number of para-hydroxylation sites is 1. The normalized spacial score (nSPS) is 13.8. The molecule has 2 aromatic rings. The molecule has 1 aliphatic heterocycles. The lowest BCUT2D eigenvalue weighted by atomic mass is 10.2. The summed E-state index contributed by atoms with van der Waals surface area (Å²) >= 11 is 6.15. The van der Waals surface area contributed by atoms with Crippen LogP contribution in [-0.2, 0) is 6.54 Å². The van der Waals surface area contributed by atoms with Crippen LogP contribution in [-0.4, -0.2) is 9.74 Å². The maximum absolute atomic E-state index is 6.15. The summed E-state index contributed by atoms with van der Waals surface area (Å²) in [7, 11) is 0. The van der Waals surface area contributed by atoms with Crippen molar-refractivity contribution < 1.29 is 0 Å². The predicted octanol–water partition coefficient (Wildman–Crippen LogP) is 3.17. The van der Waals surface area contributed by atoms with E-state index in [2.05, 4.69) is 15.6 Å². The predicted molar refractivity (Wildman–Crippen MR) is 62.0 cm³/mol. The van der Waals surface area contributed by atoms with Crippen LogP contribution in [0.15, 0.2) is 47.6 Å². The van der Waals surface area contributed by atoms with Crippen molar-refractivity contribution in [3.05, 3.63) is 53.9 Å². The van der Waals surface area contributed by atoms with Gasteiger partial charge >= 0.3 is 0 Å². The molecule has 0 N–H and O–H groups in total. The molecule has 0 bridgehead atoms. The molecule has 1 aliphatic rings. The summed E-state index contributed by atoms with van der Waals surface area (Å²) in [6.45, 7) is 0.832. The van der Waals surface area contributed by atoms with Crippen LogP contribution in [0, 0.1) is 0 Å². The highest BCUT2D eigenvalue weighted by Crippen LogP contribution is 2.26. The Morgan fingerprint density at radius 1 is 1.13 bits per heavy atom. The summed E-state index contributed by atoms with van der Waals surface area (Å²) in [5, 5.41) is 0.560. The lowest BCUT2D eigenvalue weighted by Gasteiger charge is -2.04. The molecule has 0 aliphatic carbocycles. The molecule has 1 aromatic carbocycles. The Labute approximate surface area is 92.8 Å². The molecule has 0 spiro atoms. The van der Waals surface area contributed by atoms with E-state index in [0.717, 1.165) is 17.9 Å². The van der Waals surface area contributed by atoms with Crippen LogP contribution < -0.4 is 0 Å². The highest BCUT2D eigenvalue weighted by atomic mass is 35.5. The van der Waals surface area contributed by atoms with Crippen LogP contribution in [0.5, 0.6) is 0 Å². The van der Waals surface area contributed by atoms with Gasteiger partial charge in [0.15, 0.2) is 5.17 Å². The minimum Gasteiger partial charge on any atom is -0.341 e. The van der Waals surface area contributed by atoms with Gasteiger partial charge in [0.05, 0.1) is 11.4 Å². The molecule has 0 radical (unpaired) electrons. The van der Waals surface area contributed by atoms with Crippen molar-refractivity contribution >= 4 is 22.5 Å². The highest BCUT2D eigenvalue weighted by molar-refractivity contribution is 6.69. The maximum Gasteiger partial charge on any atom is 0.153 e. The zero-order chi connectivity index (χ0) is 10.3. The zero-order valence-corrected chi connectivity index (χ0v) is 8.78. The largest absolute Gasteiger partial charge is 0.341 e. The molecule has 0 amide bonds. The van der Waals surface area contributed by atoms with Crippen molar-refractivity contribution in [3.8, 4) is 0 Å². The van der Waals surface area contributed by atoms with E-state index in [9.17, 15) is 0 Å². The number of fused-ring (bicyclic) bond motifs is 2. The molecule has 0 atom stereocenters. The van der Waals surface area contributed by atoms with E-state index in [0.29, 0.717) is 5.17 Å². The van der Waals surface area contributed by atoms with E-state index in [1.165, 1.54) is 5.56 Å². The van der Waals surface area contributed by atoms with Gasteiger partial charge in [-0.05, 0) is 23.8 Å². The molecule has 0 unspecified atom stereocenters. The molecule has 1 aromatic heterocycles. The molecular formula is C12H9ClN2. The third-order valence-corrected chi connectivity index (χ3v) is 2.87. The smallest absolute Gasteiger partial charge is 0.153 e. The number of hydrogen-bond acceptors (Lipinski definition) is 1. The summed E-state index contributed by atoms with van der Waals surface area (Å²) in [5.74, 6) is 0. The van der Waals surface area contributed by atoms with E-state index < -0.39 is 0 Å². The molecule has 0 saturated heterocycles. The molecule has 74 valence electrons. The quantitative estimate of drug-likeness (QED) is 0.644. The molecule has 2 heterocycles. The number of benzene rings is 1. The fraction of sp³-hybridized carbons (Fsp3) is 0.0833. The second-order valence-corrected chi connectivity index (χ2v) is 3.91. The lowest BCUT2D eigenvalue weighted by molar-refractivity contribution is 0.805. The van der Waals surface area contributed by atoms with Crippen molar-refractivity contribution in [2.24, 2.45) is 4.99 Å². The van der Waals surface area contributed by atoms with Crippen LogP contribution in [0.2, 0.25) is 0 Å². The molecule has 3 heteroatoms. The van der Waals surface area contributed by atoms with Gasteiger partial charge in [-0.1, -0.05) is 29.8 Å². The number of aromatic nitrogens is 1. The van der Waals surface area contributed by atoms with Crippen LogP contribution in [0.4, 0.5) is 5.69 Å². The molecule has 0 fully saturated rings. The van der Waals surface area contributed by atoms with Gasteiger partial charge < -0.3 is 4.57 Å². The lowest BCUT2D eigenvalue weighted by Crippen LogP contribution is -2.02. The van der Waals surface area contributed by atoms with Gasteiger partial charge in [-0.25, -0.2) is 4.99 Å². The van der Waals surface area contributed by atoms with E-state index in [-0.39, 0.29) is 0 Å². The van der Waals surface area contributed by atoms with Crippen molar-refractivity contribution in [2.45, 2.75) is 6.54 Å². The third kappa shape index (κ3) is 1.38. The number of nitrogens with zero attached hydrogens (tertiary/aromatic N) is 2. The van der Waals surface area contributed by atoms with Crippen LogP contribution in [0.1, 0.15) is 11.3 Å². The SMILES string of the molecule is ClC1=Nc2ccccc2Cn2cccc21. The minimum absolute atomic E-state index is 0.560. The van der Waals surface area contributed by atoms with Crippen molar-refractivity contribution in [1.82, 2.24) is 4.57 Å².